The van der Waals surface area contributed by atoms with Crippen molar-refractivity contribution in [1.82, 2.24) is 9.38 Å². The lowest BCUT2D eigenvalue weighted by Gasteiger charge is -2.02. The Balaban J connectivity index is 2.04. The van der Waals surface area contributed by atoms with Crippen LogP contribution in [0.4, 0.5) is 11.5 Å². The van der Waals surface area contributed by atoms with E-state index >= 15 is 0 Å². The van der Waals surface area contributed by atoms with E-state index in [4.69, 9.17) is 5.14 Å². The SMILES string of the molecule is CC(C)c1nc2c(O)cccn2c1N=Nc1ccc(S(N)(=O)=O)cc1. The number of sulfonamides is 1. The second-order valence-electron chi connectivity index (χ2n) is 5.80. The summed E-state index contributed by atoms with van der Waals surface area (Å²) in [5, 5.41) is 23.4. The molecule has 0 atom stereocenters. The van der Waals surface area contributed by atoms with Gasteiger partial charge in [0.25, 0.3) is 0 Å². The summed E-state index contributed by atoms with van der Waals surface area (Å²) in [5.74, 6) is 0.651. The van der Waals surface area contributed by atoms with Gasteiger partial charge in [-0.25, -0.2) is 18.5 Å². The van der Waals surface area contributed by atoms with Crippen LogP contribution in [-0.4, -0.2) is 22.9 Å². The molecule has 0 fully saturated rings. The molecule has 0 amide bonds. The van der Waals surface area contributed by atoms with Gasteiger partial charge in [-0.3, -0.25) is 4.40 Å². The zero-order chi connectivity index (χ0) is 18.2. The lowest BCUT2D eigenvalue weighted by atomic mass is 10.1. The molecule has 2 heterocycles. The van der Waals surface area contributed by atoms with E-state index in [0.29, 0.717) is 22.8 Å². The number of aromatic hydroxyl groups is 1. The van der Waals surface area contributed by atoms with Gasteiger partial charge in [0.1, 0.15) is 0 Å². The summed E-state index contributed by atoms with van der Waals surface area (Å²) in [6, 6.07) is 9.01. The van der Waals surface area contributed by atoms with Crippen molar-refractivity contribution >= 4 is 27.2 Å². The molecule has 0 aliphatic heterocycles. The molecule has 0 bridgehead atoms. The third-order valence-electron chi connectivity index (χ3n) is 3.60. The van der Waals surface area contributed by atoms with Gasteiger partial charge in [-0.2, -0.15) is 0 Å². The first-order valence-corrected chi connectivity index (χ1v) is 9.06. The molecule has 0 spiro atoms. The highest BCUT2D eigenvalue weighted by Gasteiger charge is 2.17. The summed E-state index contributed by atoms with van der Waals surface area (Å²) in [7, 11) is -3.74. The lowest BCUT2D eigenvalue weighted by molar-refractivity contribution is 0.477. The molecule has 1 aromatic carbocycles. The van der Waals surface area contributed by atoms with E-state index in [-0.39, 0.29) is 16.6 Å². The maximum atomic E-state index is 11.3. The number of hydrogen-bond acceptors (Lipinski definition) is 6. The Morgan fingerprint density at radius 2 is 1.84 bits per heavy atom. The van der Waals surface area contributed by atoms with Crippen LogP contribution in [0.2, 0.25) is 0 Å². The molecule has 0 unspecified atom stereocenters. The average molecular weight is 359 g/mol. The van der Waals surface area contributed by atoms with Crippen molar-refractivity contribution in [2.24, 2.45) is 15.4 Å². The molecule has 130 valence electrons. The molecule has 0 saturated heterocycles. The standard InChI is InChI=1S/C16H17N5O3S/c1-10(2)14-16(21-9-3-4-13(22)15(21)18-14)20-19-11-5-7-12(8-6-11)25(17,23)24/h3-10,22H,1-2H3,(H2,17,23,24). The summed E-state index contributed by atoms with van der Waals surface area (Å²) < 4.78 is 24.2. The van der Waals surface area contributed by atoms with Gasteiger partial charge in [0, 0.05) is 6.20 Å². The molecule has 0 aliphatic carbocycles. The first-order valence-electron chi connectivity index (χ1n) is 7.52. The van der Waals surface area contributed by atoms with Crippen LogP contribution in [0.25, 0.3) is 5.65 Å². The Labute approximate surface area is 144 Å². The minimum atomic E-state index is -3.74. The average Bonchev–Trinajstić information content (AvgIpc) is 2.93. The first-order chi connectivity index (χ1) is 11.8. The maximum absolute atomic E-state index is 11.3. The van der Waals surface area contributed by atoms with Gasteiger partial charge in [0.15, 0.2) is 17.2 Å². The topological polar surface area (TPSA) is 122 Å². The van der Waals surface area contributed by atoms with Crippen LogP contribution < -0.4 is 5.14 Å². The largest absolute Gasteiger partial charge is 0.504 e. The molecule has 25 heavy (non-hydrogen) atoms. The zero-order valence-electron chi connectivity index (χ0n) is 13.7. The fraction of sp³-hybridized carbons (Fsp3) is 0.188. The van der Waals surface area contributed by atoms with Crippen LogP contribution >= 0.6 is 0 Å². The molecule has 3 N–H and O–H groups in total. The fourth-order valence-corrected chi connectivity index (χ4v) is 2.87. The van der Waals surface area contributed by atoms with Crippen LogP contribution in [0.5, 0.6) is 5.75 Å². The highest BCUT2D eigenvalue weighted by molar-refractivity contribution is 7.89. The normalized spacial score (nSPS) is 12.5. The summed E-state index contributed by atoms with van der Waals surface area (Å²) in [4.78, 5) is 4.44. The molecular weight excluding hydrogens is 342 g/mol. The maximum Gasteiger partial charge on any atom is 0.238 e. The molecule has 0 saturated carbocycles. The summed E-state index contributed by atoms with van der Waals surface area (Å²) in [6.45, 7) is 3.94. The van der Waals surface area contributed by atoms with Crippen molar-refractivity contribution in [2.45, 2.75) is 24.7 Å². The number of rotatable bonds is 4. The minimum Gasteiger partial charge on any atom is -0.504 e. The van der Waals surface area contributed by atoms with Crippen LogP contribution in [0.1, 0.15) is 25.5 Å². The number of fused-ring (bicyclic) bond motifs is 1. The second-order valence-corrected chi connectivity index (χ2v) is 7.36. The molecule has 0 aliphatic rings. The zero-order valence-corrected chi connectivity index (χ0v) is 14.5. The smallest absolute Gasteiger partial charge is 0.238 e. The number of hydrogen-bond donors (Lipinski definition) is 2. The molecule has 3 aromatic rings. The second kappa shape index (κ2) is 6.26. The Morgan fingerprint density at radius 3 is 2.44 bits per heavy atom. The van der Waals surface area contributed by atoms with E-state index in [1.54, 1.807) is 22.7 Å². The summed E-state index contributed by atoms with van der Waals surface area (Å²) in [6.07, 6.45) is 1.74. The third kappa shape index (κ3) is 3.37. The molecule has 9 heteroatoms. The Morgan fingerprint density at radius 1 is 1.16 bits per heavy atom. The van der Waals surface area contributed by atoms with E-state index in [1.165, 1.54) is 24.3 Å². The lowest BCUT2D eigenvalue weighted by Crippen LogP contribution is -2.11. The number of primary sulfonamides is 1. The first kappa shape index (κ1) is 17.1. The summed E-state index contributed by atoms with van der Waals surface area (Å²) in [5.41, 5.74) is 1.58. The highest BCUT2D eigenvalue weighted by Crippen LogP contribution is 2.32. The predicted molar refractivity (Wildman–Crippen MR) is 92.9 cm³/mol. The summed E-state index contributed by atoms with van der Waals surface area (Å²) >= 11 is 0. The van der Waals surface area contributed by atoms with Crippen molar-refractivity contribution in [3.63, 3.8) is 0 Å². The number of azo groups is 1. The van der Waals surface area contributed by atoms with Gasteiger partial charge in [-0.1, -0.05) is 13.8 Å². The van der Waals surface area contributed by atoms with Gasteiger partial charge in [0.2, 0.25) is 10.0 Å². The Bertz CT molecular complexity index is 1050. The molecule has 2 aromatic heterocycles. The third-order valence-corrected chi connectivity index (χ3v) is 4.53. The monoisotopic (exact) mass is 359 g/mol. The van der Waals surface area contributed by atoms with Crippen LogP contribution in [-0.2, 0) is 10.0 Å². The predicted octanol–water partition coefficient (Wildman–Crippen LogP) is 3.23. The molecule has 3 rings (SSSR count). The molecular formula is C16H17N5O3S. The quantitative estimate of drug-likeness (QED) is 0.694. The van der Waals surface area contributed by atoms with Crippen molar-refractivity contribution in [3.8, 4) is 5.75 Å². The van der Waals surface area contributed by atoms with Gasteiger partial charge in [-0.05, 0) is 42.3 Å². The van der Waals surface area contributed by atoms with Crippen molar-refractivity contribution < 1.29 is 13.5 Å². The number of nitrogens with two attached hydrogens (primary N) is 1. The van der Waals surface area contributed by atoms with Gasteiger partial charge >= 0.3 is 0 Å². The highest BCUT2D eigenvalue weighted by atomic mass is 32.2. The Kier molecular flexibility index (Phi) is 4.27. The van der Waals surface area contributed by atoms with E-state index < -0.39 is 10.0 Å². The fourth-order valence-electron chi connectivity index (χ4n) is 2.35. The number of imidazole rings is 1. The number of aromatic nitrogens is 2. The molecule has 0 radical (unpaired) electrons. The number of benzene rings is 1. The molecule has 8 nitrogen and oxygen atoms in total. The number of nitrogens with zero attached hydrogens (tertiary/aromatic N) is 4. The van der Waals surface area contributed by atoms with Crippen LogP contribution in [0, 0.1) is 0 Å². The van der Waals surface area contributed by atoms with Gasteiger partial charge in [-0.15, -0.1) is 10.2 Å². The van der Waals surface area contributed by atoms with E-state index in [0.717, 1.165) is 0 Å². The van der Waals surface area contributed by atoms with E-state index in [2.05, 4.69) is 15.2 Å². The van der Waals surface area contributed by atoms with E-state index in [1.807, 2.05) is 13.8 Å². The van der Waals surface area contributed by atoms with E-state index in [9.17, 15) is 13.5 Å². The number of pyridine rings is 1. The Hall–Kier alpha value is -2.78. The van der Waals surface area contributed by atoms with Crippen molar-refractivity contribution in [1.29, 1.82) is 0 Å². The minimum absolute atomic E-state index is 0.00837. The van der Waals surface area contributed by atoms with Crippen LogP contribution in [0.3, 0.4) is 0 Å². The van der Waals surface area contributed by atoms with Gasteiger partial charge in [0.05, 0.1) is 16.3 Å². The van der Waals surface area contributed by atoms with Crippen LogP contribution in [0.15, 0.2) is 57.7 Å². The van der Waals surface area contributed by atoms with Gasteiger partial charge < -0.3 is 5.11 Å². The van der Waals surface area contributed by atoms with Crippen molar-refractivity contribution in [2.75, 3.05) is 0 Å². The van der Waals surface area contributed by atoms with Crippen molar-refractivity contribution in [3.05, 3.63) is 48.3 Å².